The summed E-state index contributed by atoms with van der Waals surface area (Å²) in [5.74, 6) is -0.802. The first-order valence-corrected chi connectivity index (χ1v) is 4.90. The summed E-state index contributed by atoms with van der Waals surface area (Å²) >= 11 is 0. The Morgan fingerprint density at radius 3 is 2.94 bits per heavy atom. The molecule has 1 aliphatic heterocycles. The molecule has 6 nitrogen and oxygen atoms in total. The quantitative estimate of drug-likeness (QED) is 0.839. The predicted octanol–water partition coefficient (Wildman–Crippen LogP) is 1.32. The molecule has 1 amide bonds. The lowest BCUT2D eigenvalue weighted by molar-refractivity contribution is 0.0637. The number of rotatable bonds is 3. The number of amides is 1. The van der Waals surface area contributed by atoms with Gasteiger partial charge in [-0.15, -0.1) is 0 Å². The van der Waals surface area contributed by atoms with E-state index in [1.165, 1.54) is 11.0 Å². The van der Waals surface area contributed by atoms with Crippen molar-refractivity contribution in [1.29, 1.82) is 0 Å². The first-order chi connectivity index (χ1) is 7.66. The molecule has 6 heteroatoms. The SMILES string of the molecule is O=C(O)c1ccc(CN2CCCOC2=O)o1. The summed E-state index contributed by atoms with van der Waals surface area (Å²) in [7, 11) is 0. The Bertz CT molecular complexity index is 411. The molecule has 2 rings (SSSR count). The van der Waals surface area contributed by atoms with Gasteiger partial charge in [0, 0.05) is 6.54 Å². The van der Waals surface area contributed by atoms with E-state index in [9.17, 15) is 9.59 Å². The number of nitrogens with zero attached hydrogens (tertiary/aromatic N) is 1. The number of carboxylic acids is 1. The molecule has 0 bridgehead atoms. The zero-order valence-corrected chi connectivity index (χ0v) is 8.51. The molecular formula is C10H11NO5. The summed E-state index contributed by atoms with van der Waals surface area (Å²) in [6.07, 6.45) is 0.387. The molecule has 1 aliphatic rings. The maximum absolute atomic E-state index is 11.3. The third-order valence-electron chi connectivity index (χ3n) is 2.28. The van der Waals surface area contributed by atoms with Gasteiger partial charge in [0.2, 0.25) is 5.76 Å². The van der Waals surface area contributed by atoms with Gasteiger partial charge in [-0.2, -0.15) is 0 Å². The van der Waals surface area contributed by atoms with E-state index in [4.69, 9.17) is 14.3 Å². The van der Waals surface area contributed by atoms with Gasteiger partial charge in [0.15, 0.2) is 0 Å². The molecule has 1 saturated heterocycles. The Kier molecular flexibility index (Phi) is 2.80. The average Bonchev–Trinajstić information content (AvgIpc) is 2.70. The van der Waals surface area contributed by atoms with Gasteiger partial charge in [-0.3, -0.25) is 0 Å². The van der Waals surface area contributed by atoms with Crippen LogP contribution in [0.3, 0.4) is 0 Å². The number of ether oxygens (including phenoxy) is 1. The monoisotopic (exact) mass is 225 g/mol. The Morgan fingerprint density at radius 1 is 1.50 bits per heavy atom. The van der Waals surface area contributed by atoms with Crippen LogP contribution in [-0.2, 0) is 11.3 Å². The van der Waals surface area contributed by atoms with E-state index in [1.54, 1.807) is 6.07 Å². The standard InChI is InChI=1S/C10H11NO5/c12-9(13)8-3-2-7(16-8)6-11-4-1-5-15-10(11)14/h2-3H,1,4-6H2,(H,12,13). The highest BCUT2D eigenvalue weighted by Gasteiger charge is 2.21. The van der Waals surface area contributed by atoms with Crippen molar-refractivity contribution in [3.63, 3.8) is 0 Å². The summed E-state index contributed by atoms with van der Waals surface area (Å²) in [5, 5.41) is 8.66. The second-order valence-electron chi connectivity index (χ2n) is 3.46. The zero-order valence-electron chi connectivity index (χ0n) is 8.51. The van der Waals surface area contributed by atoms with Crippen molar-refractivity contribution in [1.82, 2.24) is 4.90 Å². The third kappa shape index (κ3) is 2.16. The minimum absolute atomic E-state index is 0.125. The number of hydrogen-bond acceptors (Lipinski definition) is 4. The van der Waals surface area contributed by atoms with Crippen molar-refractivity contribution >= 4 is 12.1 Å². The Morgan fingerprint density at radius 2 is 2.31 bits per heavy atom. The molecule has 86 valence electrons. The summed E-state index contributed by atoms with van der Waals surface area (Å²) in [6.45, 7) is 1.28. The van der Waals surface area contributed by atoms with E-state index in [-0.39, 0.29) is 18.4 Å². The van der Waals surface area contributed by atoms with E-state index < -0.39 is 5.97 Å². The molecule has 1 N–H and O–H groups in total. The minimum Gasteiger partial charge on any atom is -0.475 e. The molecule has 0 aromatic carbocycles. The number of carboxylic acid groups (broad SMARTS) is 1. The average molecular weight is 225 g/mol. The van der Waals surface area contributed by atoms with Gasteiger partial charge in [-0.05, 0) is 18.6 Å². The maximum atomic E-state index is 11.3. The van der Waals surface area contributed by atoms with Gasteiger partial charge >= 0.3 is 12.1 Å². The molecule has 1 fully saturated rings. The smallest absolute Gasteiger partial charge is 0.410 e. The van der Waals surface area contributed by atoms with Gasteiger partial charge < -0.3 is 19.2 Å². The second kappa shape index (κ2) is 4.26. The Labute approximate surface area is 91.4 Å². The minimum atomic E-state index is -1.12. The fourth-order valence-electron chi connectivity index (χ4n) is 1.51. The zero-order chi connectivity index (χ0) is 11.5. The molecule has 0 atom stereocenters. The highest BCUT2D eigenvalue weighted by atomic mass is 16.6. The van der Waals surface area contributed by atoms with Crippen molar-refractivity contribution < 1.29 is 23.8 Å². The molecule has 16 heavy (non-hydrogen) atoms. The van der Waals surface area contributed by atoms with Crippen LogP contribution in [0.25, 0.3) is 0 Å². The highest BCUT2D eigenvalue weighted by molar-refractivity contribution is 5.84. The Balaban J connectivity index is 2.02. The van der Waals surface area contributed by atoms with Crippen LogP contribution in [0.4, 0.5) is 4.79 Å². The summed E-state index contributed by atoms with van der Waals surface area (Å²) in [6, 6.07) is 2.91. The molecule has 0 spiro atoms. The fourth-order valence-corrected chi connectivity index (χ4v) is 1.51. The number of aromatic carboxylic acids is 1. The molecule has 0 saturated carbocycles. The predicted molar refractivity (Wildman–Crippen MR) is 52.0 cm³/mol. The van der Waals surface area contributed by atoms with Crippen LogP contribution in [0, 0.1) is 0 Å². The first-order valence-electron chi connectivity index (χ1n) is 4.90. The number of cyclic esters (lactones) is 1. The second-order valence-corrected chi connectivity index (χ2v) is 3.46. The number of furan rings is 1. The maximum Gasteiger partial charge on any atom is 0.410 e. The lowest BCUT2D eigenvalue weighted by Crippen LogP contribution is -2.36. The van der Waals surface area contributed by atoms with Crippen molar-refractivity contribution in [2.24, 2.45) is 0 Å². The molecule has 1 aromatic rings. The largest absolute Gasteiger partial charge is 0.475 e. The summed E-state index contributed by atoms with van der Waals surface area (Å²) in [5.41, 5.74) is 0. The van der Waals surface area contributed by atoms with Gasteiger partial charge in [0.25, 0.3) is 0 Å². The first kappa shape index (κ1) is 10.5. The number of carbonyl (C=O) groups excluding carboxylic acids is 1. The van der Waals surface area contributed by atoms with Crippen LogP contribution in [0.5, 0.6) is 0 Å². The van der Waals surface area contributed by atoms with Gasteiger partial charge in [0.1, 0.15) is 5.76 Å². The number of hydrogen-bond donors (Lipinski definition) is 1. The van der Waals surface area contributed by atoms with Crippen molar-refractivity contribution in [2.75, 3.05) is 13.2 Å². The molecule has 1 aromatic heterocycles. The molecule has 0 unspecified atom stereocenters. The lowest BCUT2D eigenvalue weighted by Gasteiger charge is -2.25. The van der Waals surface area contributed by atoms with E-state index in [0.29, 0.717) is 18.9 Å². The van der Waals surface area contributed by atoms with Gasteiger partial charge in [-0.25, -0.2) is 9.59 Å². The summed E-state index contributed by atoms with van der Waals surface area (Å²) < 4.78 is 9.89. The van der Waals surface area contributed by atoms with Crippen LogP contribution in [0.15, 0.2) is 16.5 Å². The van der Waals surface area contributed by atoms with Crippen LogP contribution in [-0.4, -0.2) is 35.2 Å². The topological polar surface area (TPSA) is 80.0 Å². The van der Waals surface area contributed by atoms with Gasteiger partial charge in [0.05, 0.1) is 13.2 Å². The molecule has 2 heterocycles. The van der Waals surface area contributed by atoms with E-state index in [1.807, 2.05) is 0 Å². The fraction of sp³-hybridized carbons (Fsp3) is 0.400. The molecule has 0 radical (unpaired) electrons. The van der Waals surface area contributed by atoms with Crippen LogP contribution in [0.1, 0.15) is 22.7 Å². The highest BCUT2D eigenvalue weighted by Crippen LogP contribution is 2.13. The normalized spacial score (nSPS) is 16.0. The van der Waals surface area contributed by atoms with Crippen LogP contribution in [0.2, 0.25) is 0 Å². The lowest BCUT2D eigenvalue weighted by atomic mass is 10.3. The van der Waals surface area contributed by atoms with E-state index in [0.717, 1.165) is 6.42 Å². The van der Waals surface area contributed by atoms with Crippen LogP contribution < -0.4 is 0 Å². The summed E-state index contributed by atoms with van der Waals surface area (Å²) in [4.78, 5) is 23.3. The third-order valence-corrected chi connectivity index (χ3v) is 2.28. The van der Waals surface area contributed by atoms with Crippen molar-refractivity contribution in [3.8, 4) is 0 Å². The van der Waals surface area contributed by atoms with Crippen LogP contribution >= 0.6 is 0 Å². The van der Waals surface area contributed by atoms with Crippen molar-refractivity contribution in [2.45, 2.75) is 13.0 Å². The number of carbonyl (C=O) groups is 2. The van der Waals surface area contributed by atoms with E-state index >= 15 is 0 Å². The van der Waals surface area contributed by atoms with E-state index in [2.05, 4.69) is 0 Å². The Hall–Kier alpha value is -1.98. The molecule has 0 aliphatic carbocycles. The van der Waals surface area contributed by atoms with Crippen molar-refractivity contribution in [3.05, 3.63) is 23.7 Å². The van der Waals surface area contributed by atoms with Gasteiger partial charge in [-0.1, -0.05) is 0 Å². The molecular weight excluding hydrogens is 214 g/mol.